The number of aromatic amines is 1. The van der Waals surface area contributed by atoms with Crippen LogP contribution in [-0.2, 0) is 5.75 Å². The third-order valence-corrected chi connectivity index (χ3v) is 14.1. The Morgan fingerprint density at radius 2 is 1.91 bits per heavy atom. The Morgan fingerprint density at radius 1 is 1.06 bits per heavy atom. The minimum Gasteiger partial charge on any atom is -0.348 e. The highest BCUT2D eigenvalue weighted by Crippen LogP contribution is 2.67. The summed E-state index contributed by atoms with van der Waals surface area (Å²) in [6, 6.07) is 0. The van der Waals surface area contributed by atoms with Crippen molar-refractivity contribution >= 4 is 21.6 Å². The van der Waals surface area contributed by atoms with Crippen LogP contribution in [0.3, 0.4) is 0 Å². The molecule has 1 aromatic heterocycles. The number of aromatic nitrogens is 2. The monoisotopic (exact) mass is 514 g/mol. The first kappa shape index (κ1) is 26.3. The van der Waals surface area contributed by atoms with Crippen molar-refractivity contribution in [1.82, 2.24) is 9.97 Å². The molecular formula is C31H50N2S2. The van der Waals surface area contributed by atoms with E-state index in [1.165, 1.54) is 76.3 Å². The summed E-state index contributed by atoms with van der Waals surface area (Å²) in [7, 11) is 4.15. The van der Waals surface area contributed by atoms with Crippen molar-refractivity contribution < 1.29 is 0 Å². The van der Waals surface area contributed by atoms with Gasteiger partial charge in [-0.05, 0) is 97.7 Å². The molecule has 0 bridgehead atoms. The smallest absolute Gasteiger partial charge is 0.0921 e. The molecule has 0 aliphatic heterocycles. The van der Waals surface area contributed by atoms with Crippen molar-refractivity contribution in [2.75, 3.05) is 0 Å². The van der Waals surface area contributed by atoms with Crippen molar-refractivity contribution in [3.63, 3.8) is 0 Å². The predicted molar refractivity (Wildman–Crippen MR) is 154 cm³/mol. The fourth-order valence-corrected chi connectivity index (χ4v) is 12.0. The lowest BCUT2D eigenvalue weighted by Gasteiger charge is -2.58. The first-order valence-electron chi connectivity index (χ1n) is 14.8. The van der Waals surface area contributed by atoms with Crippen LogP contribution in [0.4, 0.5) is 0 Å². The molecule has 1 aromatic rings. The van der Waals surface area contributed by atoms with E-state index in [1.54, 1.807) is 6.33 Å². The number of hydrogen-bond acceptors (Lipinski definition) is 3. The Balaban J connectivity index is 1.21. The van der Waals surface area contributed by atoms with Gasteiger partial charge in [-0.3, -0.25) is 0 Å². The number of nitrogens with zero attached hydrogens (tertiary/aromatic N) is 1. The molecule has 3 fully saturated rings. The molecule has 0 spiro atoms. The number of hydrogen-bond donors (Lipinski definition) is 1. The zero-order valence-corrected chi connectivity index (χ0v) is 24.7. The molecule has 5 rings (SSSR count). The molecule has 0 aromatic carbocycles. The number of imidazole rings is 1. The summed E-state index contributed by atoms with van der Waals surface area (Å²) in [6.07, 6.45) is 22.4. The molecule has 1 heterocycles. The molecule has 196 valence electrons. The van der Waals surface area contributed by atoms with E-state index >= 15 is 0 Å². The van der Waals surface area contributed by atoms with Gasteiger partial charge in [0.1, 0.15) is 0 Å². The zero-order chi connectivity index (χ0) is 24.6. The molecule has 8 atom stereocenters. The van der Waals surface area contributed by atoms with Gasteiger partial charge in [0.05, 0.1) is 6.33 Å². The summed E-state index contributed by atoms with van der Waals surface area (Å²) in [4.78, 5) is 7.41. The molecule has 2 unspecified atom stereocenters. The normalized spacial score (nSPS) is 39.6. The van der Waals surface area contributed by atoms with Crippen molar-refractivity contribution in [2.45, 2.75) is 116 Å². The second kappa shape index (κ2) is 10.8. The van der Waals surface area contributed by atoms with E-state index in [9.17, 15) is 0 Å². The lowest BCUT2D eigenvalue weighted by molar-refractivity contribution is -0.0497. The van der Waals surface area contributed by atoms with Gasteiger partial charge in [0, 0.05) is 22.9 Å². The quantitative estimate of drug-likeness (QED) is 0.262. The molecule has 35 heavy (non-hydrogen) atoms. The van der Waals surface area contributed by atoms with E-state index in [0.29, 0.717) is 10.8 Å². The molecule has 3 saturated carbocycles. The van der Waals surface area contributed by atoms with Crippen molar-refractivity contribution in [1.29, 1.82) is 0 Å². The van der Waals surface area contributed by atoms with E-state index in [-0.39, 0.29) is 0 Å². The molecule has 4 aliphatic carbocycles. The maximum Gasteiger partial charge on any atom is 0.0921 e. The van der Waals surface area contributed by atoms with E-state index in [2.05, 4.69) is 61.5 Å². The molecule has 0 saturated heterocycles. The van der Waals surface area contributed by atoms with Gasteiger partial charge < -0.3 is 4.98 Å². The molecule has 1 N–H and O–H groups in total. The summed E-state index contributed by atoms with van der Waals surface area (Å²) in [5.41, 5.74) is 4.18. The fourth-order valence-electron chi connectivity index (χ4n) is 9.29. The Labute approximate surface area is 223 Å². The fraction of sp³-hybridized carbons (Fsp3) is 0.839. The molecule has 4 heteroatoms. The topological polar surface area (TPSA) is 28.7 Å². The van der Waals surface area contributed by atoms with Gasteiger partial charge >= 0.3 is 0 Å². The largest absolute Gasteiger partial charge is 0.348 e. The Hall–Kier alpha value is -0.350. The van der Waals surface area contributed by atoms with Crippen LogP contribution in [0.25, 0.3) is 0 Å². The summed E-state index contributed by atoms with van der Waals surface area (Å²) in [6.45, 7) is 12.8. The average Bonchev–Trinajstić information content (AvgIpc) is 3.46. The highest BCUT2D eigenvalue weighted by Gasteiger charge is 2.59. The molecule has 0 radical (unpaired) electrons. The Morgan fingerprint density at radius 3 is 2.69 bits per heavy atom. The van der Waals surface area contributed by atoms with Crippen LogP contribution in [0.5, 0.6) is 0 Å². The number of nitrogens with one attached hydrogen (secondary N) is 1. The van der Waals surface area contributed by atoms with Crippen LogP contribution in [0.15, 0.2) is 24.2 Å². The van der Waals surface area contributed by atoms with Gasteiger partial charge in [0.15, 0.2) is 0 Å². The third-order valence-electron chi connectivity index (χ3n) is 11.2. The van der Waals surface area contributed by atoms with Gasteiger partial charge in [0.25, 0.3) is 0 Å². The lowest BCUT2D eigenvalue weighted by Crippen LogP contribution is -2.50. The van der Waals surface area contributed by atoms with E-state index in [1.807, 2.05) is 22.6 Å². The van der Waals surface area contributed by atoms with Crippen molar-refractivity contribution in [3.05, 3.63) is 29.9 Å². The molecule has 4 aliphatic rings. The first-order chi connectivity index (χ1) is 16.8. The number of fused-ring (bicyclic) bond motifs is 5. The molecule has 2 nitrogen and oxygen atoms in total. The maximum absolute atomic E-state index is 4.16. The standard InChI is InChI=1S/C31H50N2S2/c1-21(2)7-6-8-22(3)27-11-12-28-26-10-9-23-17-25(35-34-19-24-18-32-20-33-24)13-15-30(23,4)29(26)14-16-31(27,28)5/h9,18,20-22,25-29H,6-8,10-17,19H2,1-5H3,(H,32,33)/t22-,25+,26+,27?,28+,29+,30?,31-/m1/s1. The average molecular weight is 515 g/mol. The zero-order valence-electron chi connectivity index (χ0n) is 23.0. The predicted octanol–water partition coefficient (Wildman–Crippen LogP) is 9.70. The molecule has 0 amide bonds. The van der Waals surface area contributed by atoms with Crippen LogP contribution in [-0.4, -0.2) is 15.2 Å². The second-order valence-electron chi connectivity index (χ2n) is 13.6. The van der Waals surface area contributed by atoms with E-state index in [4.69, 9.17) is 0 Å². The summed E-state index contributed by atoms with van der Waals surface area (Å²) in [5.74, 6) is 6.66. The van der Waals surface area contributed by atoms with Gasteiger partial charge in [-0.1, -0.05) is 87.1 Å². The van der Waals surface area contributed by atoms with Crippen LogP contribution < -0.4 is 0 Å². The van der Waals surface area contributed by atoms with Crippen molar-refractivity contribution in [3.8, 4) is 0 Å². The van der Waals surface area contributed by atoms with Gasteiger partial charge in [-0.15, -0.1) is 0 Å². The summed E-state index contributed by atoms with van der Waals surface area (Å²) in [5, 5.41) is 0.787. The minimum absolute atomic E-state index is 0.482. The van der Waals surface area contributed by atoms with Crippen molar-refractivity contribution in [2.24, 2.45) is 46.3 Å². The number of allylic oxidation sites excluding steroid dienone is 2. The highest BCUT2D eigenvalue weighted by molar-refractivity contribution is 8.76. The van der Waals surface area contributed by atoms with Gasteiger partial charge in [-0.2, -0.15) is 0 Å². The lowest BCUT2D eigenvalue weighted by atomic mass is 9.47. The van der Waals surface area contributed by atoms with Crippen LogP contribution in [0, 0.1) is 46.3 Å². The maximum atomic E-state index is 4.16. The Bertz CT molecular complexity index is 863. The van der Waals surface area contributed by atoms with E-state index < -0.39 is 0 Å². The number of rotatable bonds is 9. The third kappa shape index (κ3) is 5.18. The second-order valence-corrected chi connectivity index (χ2v) is 16.3. The number of H-pyrrole nitrogens is 1. The summed E-state index contributed by atoms with van der Waals surface area (Å²) >= 11 is 0. The molecular weight excluding hydrogens is 464 g/mol. The van der Waals surface area contributed by atoms with Crippen LogP contribution in [0.1, 0.15) is 111 Å². The Kier molecular flexibility index (Phi) is 8.10. The SMILES string of the molecule is CC(C)CCC[C@@H](C)C1CC[C@H]2[C@@H]3CC=C4C[C@@H](SSCc5cnc[nH]5)CCC4(C)[C@H]3CC[C@]12C. The minimum atomic E-state index is 0.482. The van der Waals surface area contributed by atoms with Gasteiger partial charge in [-0.25, -0.2) is 4.98 Å². The van der Waals surface area contributed by atoms with Crippen LogP contribution in [0.2, 0.25) is 0 Å². The highest BCUT2D eigenvalue weighted by atomic mass is 33.1. The first-order valence-corrected chi connectivity index (χ1v) is 17.1. The van der Waals surface area contributed by atoms with Gasteiger partial charge in [0.2, 0.25) is 0 Å². The van der Waals surface area contributed by atoms with E-state index in [0.717, 1.165) is 46.5 Å². The summed E-state index contributed by atoms with van der Waals surface area (Å²) < 4.78 is 0. The van der Waals surface area contributed by atoms with Crippen LogP contribution >= 0.6 is 21.6 Å².